The normalized spacial score (nSPS) is 11.2. The molecule has 8 nitrogen and oxygen atoms in total. The van der Waals surface area contributed by atoms with Crippen LogP contribution in [-0.2, 0) is 27.9 Å². The number of benzene rings is 4. The number of sulfonamides is 1. The highest BCUT2D eigenvalue weighted by Gasteiger charge is 2.16. The first-order valence-corrected chi connectivity index (χ1v) is 14.8. The molecule has 0 aliphatic heterocycles. The van der Waals surface area contributed by atoms with Gasteiger partial charge >= 0.3 is 5.97 Å². The van der Waals surface area contributed by atoms with Crippen LogP contribution in [-0.4, -0.2) is 32.4 Å². The molecule has 42 heavy (non-hydrogen) atoms. The average molecular weight is 617 g/mol. The van der Waals surface area contributed by atoms with Crippen LogP contribution in [0.2, 0.25) is 5.02 Å². The molecule has 0 saturated heterocycles. The van der Waals surface area contributed by atoms with E-state index >= 15 is 0 Å². The van der Waals surface area contributed by atoms with Crippen molar-refractivity contribution in [1.82, 2.24) is 0 Å². The summed E-state index contributed by atoms with van der Waals surface area (Å²) in [6.07, 6.45) is 1.07. The van der Waals surface area contributed by atoms with E-state index in [1.807, 2.05) is 23.1 Å². The first kappa shape index (κ1) is 30.6. The molecule has 0 unspecified atom stereocenters. The van der Waals surface area contributed by atoms with Crippen molar-refractivity contribution >= 4 is 39.0 Å². The monoisotopic (exact) mass is 616 g/mol. The van der Waals surface area contributed by atoms with Gasteiger partial charge in [-0.05, 0) is 72.1 Å². The van der Waals surface area contributed by atoms with Crippen LogP contribution in [0.15, 0.2) is 78.9 Å². The van der Waals surface area contributed by atoms with Crippen molar-refractivity contribution in [3.05, 3.63) is 112 Å². The Morgan fingerprint density at radius 3 is 2.26 bits per heavy atom. The van der Waals surface area contributed by atoms with Crippen molar-refractivity contribution in [3.63, 3.8) is 0 Å². The van der Waals surface area contributed by atoms with E-state index < -0.39 is 34.2 Å². The number of carboxylic acid groups (broad SMARTS) is 1. The van der Waals surface area contributed by atoms with E-state index in [9.17, 15) is 22.0 Å². The molecule has 12 heteroatoms. The molecule has 4 rings (SSSR count). The van der Waals surface area contributed by atoms with Gasteiger partial charge in [-0.15, -0.1) is 0 Å². The highest BCUT2D eigenvalue weighted by Crippen LogP contribution is 2.33. The fourth-order valence-corrected chi connectivity index (χ4v) is 4.97. The molecule has 0 radical (unpaired) electrons. The Kier molecular flexibility index (Phi) is 9.54. The Bertz CT molecular complexity index is 1700. The van der Waals surface area contributed by atoms with E-state index in [0.29, 0.717) is 40.5 Å². The first-order valence-electron chi connectivity index (χ1n) is 12.5. The SMILES string of the molecule is Cc1c(NS(C)(=O)=O)cccc1N(Cc1ccc(Oc2ccc(Cl)c(OCC(=O)O)c2)cc1)Cc1ccc(F)c(F)c1. The molecule has 0 heterocycles. The number of carboxylic acids is 1. The second-order valence-electron chi connectivity index (χ2n) is 9.45. The lowest BCUT2D eigenvalue weighted by atomic mass is 10.1. The van der Waals surface area contributed by atoms with Crippen LogP contribution in [0.5, 0.6) is 17.2 Å². The number of ether oxygens (including phenoxy) is 2. The Morgan fingerprint density at radius 2 is 1.60 bits per heavy atom. The zero-order chi connectivity index (χ0) is 30.4. The summed E-state index contributed by atoms with van der Waals surface area (Å²) in [5.41, 5.74) is 3.15. The molecule has 2 N–H and O–H groups in total. The van der Waals surface area contributed by atoms with Crippen molar-refractivity contribution < 1.29 is 36.6 Å². The highest BCUT2D eigenvalue weighted by atomic mass is 35.5. The summed E-state index contributed by atoms with van der Waals surface area (Å²) in [5.74, 6) is -2.00. The van der Waals surface area contributed by atoms with Gasteiger partial charge in [0.05, 0.1) is 17.0 Å². The van der Waals surface area contributed by atoms with Crippen LogP contribution in [0.25, 0.3) is 0 Å². The zero-order valence-corrected chi connectivity index (χ0v) is 24.2. The summed E-state index contributed by atoms with van der Waals surface area (Å²) in [6, 6.07) is 20.7. The van der Waals surface area contributed by atoms with Gasteiger partial charge < -0.3 is 19.5 Å². The molecular formula is C30H27ClF2N2O6S. The van der Waals surface area contributed by atoms with Crippen molar-refractivity contribution in [2.24, 2.45) is 0 Å². The van der Waals surface area contributed by atoms with Gasteiger partial charge in [0, 0.05) is 24.8 Å². The second-order valence-corrected chi connectivity index (χ2v) is 11.6. The predicted molar refractivity (Wildman–Crippen MR) is 157 cm³/mol. The molecule has 0 fully saturated rings. The maximum absolute atomic E-state index is 14.0. The van der Waals surface area contributed by atoms with E-state index in [2.05, 4.69) is 4.72 Å². The second kappa shape index (κ2) is 13.1. The number of anilines is 2. The van der Waals surface area contributed by atoms with Gasteiger partial charge in [0.25, 0.3) is 0 Å². The Balaban J connectivity index is 1.58. The van der Waals surface area contributed by atoms with E-state index in [0.717, 1.165) is 24.0 Å². The molecule has 0 bridgehead atoms. The van der Waals surface area contributed by atoms with E-state index in [1.54, 1.807) is 37.3 Å². The fraction of sp³-hybridized carbons (Fsp3) is 0.167. The van der Waals surface area contributed by atoms with Gasteiger partial charge in [0.15, 0.2) is 18.2 Å². The molecule has 4 aromatic rings. The Labute approximate surface area is 247 Å². The van der Waals surface area contributed by atoms with Crippen LogP contribution < -0.4 is 19.1 Å². The molecule has 0 aliphatic rings. The minimum absolute atomic E-state index is 0.170. The molecule has 220 valence electrons. The molecule has 0 aromatic heterocycles. The van der Waals surface area contributed by atoms with Gasteiger partial charge in [0.1, 0.15) is 17.2 Å². The summed E-state index contributed by atoms with van der Waals surface area (Å²) < 4.78 is 65.0. The zero-order valence-electron chi connectivity index (χ0n) is 22.6. The van der Waals surface area contributed by atoms with Gasteiger partial charge in [-0.1, -0.05) is 35.9 Å². The van der Waals surface area contributed by atoms with Crippen molar-refractivity contribution in [1.29, 1.82) is 0 Å². The number of nitrogens with one attached hydrogen (secondary N) is 1. The summed E-state index contributed by atoms with van der Waals surface area (Å²) in [5, 5.41) is 9.09. The van der Waals surface area contributed by atoms with Crippen LogP contribution in [0, 0.1) is 18.6 Å². The fourth-order valence-electron chi connectivity index (χ4n) is 4.18. The highest BCUT2D eigenvalue weighted by molar-refractivity contribution is 7.92. The number of halogens is 3. The van der Waals surface area contributed by atoms with Crippen molar-refractivity contribution in [2.45, 2.75) is 20.0 Å². The van der Waals surface area contributed by atoms with E-state index in [-0.39, 0.29) is 17.3 Å². The molecule has 0 saturated carbocycles. The quantitative estimate of drug-likeness (QED) is 0.181. The van der Waals surface area contributed by atoms with Crippen LogP contribution in [0.1, 0.15) is 16.7 Å². The van der Waals surface area contributed by atoms with Gasteiger partial charge in [-0.25, -0.2) is 22.0 Å². The van der Waals surface area contributed by atoms with E-state index in [4.69, 9.17) is 26.2 Å². The number of rotatable bonds is 12. The number of nitrogens with zero attached hydrogens (tertiary/aromatic N) is 1. The average Bonchev–Trinajstić information content (AvgIpc) is 2.92. The molecule has 0 aliphatic carbocycles. The first-order chi connectivity index (χ1) is 19.9. The number of aliphatic carboxylic acids is 1. The van der Waals surface area contributed by atoms with Gasteiger partial charge in [0.2, 0.25) is 10.0 Å². The number of hydrogen-bond donors (Lipinski definition) is 2. The van der Waals surface area contributed by atoms with Crippen LogP contribution in [0.3, 0.4) is 0 Å². The minimum atomic E-state index is -3.53. The Hall–Kier alpha value is -4.35. The predicted octanol–water partition coefficient (Wildman–Crippen LogP) is 6.76. The van der Waals surface area contributed by atoms with Gasteiger partial charge in [-0.2, -0.15) is 0 Å². The third-order valence-corrected chi connectivity index (χ3v) is 6.99. The number of hydrogen-bond acceptors (Lipinski definition) is 6. The molecular weight excluding hydrogens is 590 g/mol. The maximum Gasteiger partial charge on any atom is 0.341 e. The lowest BCUT2D eigenvalue weighted by Crippen LogP contribution is -2.23. The lowest BCUT2D eigenvalue weighted by Gasteiger charge is -2.28. The van der Waals surface area contributed by atoms with Crippen molar-refractivity contribution in [3.8, 4) is 17.2 Å². The summed E-state index contributed by atoms with van der Waals surface area (Å²) in [6.45, 7) is 1.78. The molecule has 0 atom stereocenters. The third kappa shape index (κ3) is 8.34. The lowest BCUT2D eigenvalue weighted by molar-refractivity contribution is -0.139. The van der Waals surface area contributed by atoms with Crippen LogP contribution in [0.4, 0.5) is 20.2 Å². The summed E-state index contributed by atoms with van der Waals surface area (Å²) in [4.78, 5) is 12.7. The standard InChI is InChI=1S/C30H27ClF2N2O6S/c1-19-27(34-42(2,38)39)4-3-5-28(19)35(17-21-8-13-25(32)26(33)14-21)16-20-6-9-22(10-7-20)41-23-11-12-24(31)29(15-23)40-18-30(36)37/h3-15,34H,16-18H2,1-2H3,(H,36,37). The largest absolute Gasteiger partial charge is 0.480 e. The maximum atomic E-state index is 14.0. The molecule has 0 spiro atoms. The Morgan fingerprint density at radius 1 is 0.929 bits per heavy atom. The minimum Gasteiger partial charge on any atom is -0.480 e. The van der Waals surface area contributed by atoms with E-state index in [1.165, 1.54) is 18.2 Å². The molecule has 4 aromatic carbocycles. The topological polar surface area (TPSA) is 105 Å². The van der Waals surface area contributed by atoms with Crippen molar-refractivity contribution in [2.75, 3.05) is 22.5 Å². The third-order valence-electron chi connectivity index (χ3n) is 6.08. The smallest absolute Gasteiger partial charge is 0.341 e. The summed E-state index contributed by atoms with van der Waals surface area (Å²) >= 11 is 6.08. The van der Waals surface area contributed by atoms with Crippen LogP contribution >= 0.6 is 11.6 Å². The molecule has 0 amide bonds. The van der Waals surface area contributed by atoms with Gasteiger partial charge in [-0.3, -0.25) is 4.72 Å². The number of carbonyl (C=O) groups is 1. The summed E-state index contributed by atoms with van der Waals surface area (Å²) in [7, 11) is -3.53.